The van der Waals surface area contributed by atoms with E-state index in [4.69, 9.17) is 0 Å². The van der Waals surface area contributed by atoms with Gasteiger partial charge in [-0.2, -0.15) is 0 Å². The first-order valence-corrected chi connectivity index (χ1v) is 7.23. The first-order valence-electron chi connectivity index (χ1n) is 6.44. The van der Waals surface area contributed by atoms with Gasteiger partial charge < -0.3 is 9.80 Å². The highest BCUT2D eigenvalue weighted by Crippen LogP contribution is 2.23. The molecule has 0 aliphatic carbocycles. The van der Waals surface area contributed by atoms with Crippen molar-refractivity contribution in [1.82, 2.24) is 9.80 Å². The number of carbonyl (C=O) groups excluding carboxylic acids is 1. The minimum Gasteiger partial charge on any atom is -0.335 e. The minimum absolute atomic E-state index is 0.103. The topological polar surface area (TPSA) is 23.6 Å². The van der Waals surface area contributed by atoms with Crippen LogP contribution in [0.5, 0.6) is 0 Å². The summed E-state index contributed by atoms with van der Waals surface area (Å²) in [4.78, 5) is 16.6. The predicted molar refractivity (Wildman–Crippen MR) is 76.7 cm³/mol. The van der Waals surface area contributed by atoms with Gasteiger partial charge in [-0.05, 0) is 55.0 Å². The molecule has 104 valence electrons. The lowest BCUT2D eigenvalue weighted by Crippen LogP contribution is -2.42. The molecular weight excluding hydrogens is 311 g/mol. The molecule has 5 heteroatoms. The molecule has 1 aliphatic heterocycles. The highest BCUT2D eigenvalue weighted by atomic mass is 79.9. The molecule has 0 bridgehead atoms. The monoisotopic (exact) mass is 328 g/mol. The molecule has 1 aliphatic rings. The zero-order valence-corrected chi connectivity index (χ0v) is 12.8. The zero-order chi connectivity index (χ0) is 14.0. The quantitative estimate of drug-likeness (QED) is 0.791. The van der Waals surface area contributed by atoms with E-state index in [2.05, 4.69) is 27.9 Å². The Labute approximate surface area is 121 Å². The van der Waals surface area contributed by atoms with Crippen LogP contribution in [-0.2, 0) is 0 Å². The largest absolute Gasteiger partial charge is 0.335 e. The van der Waals surface area contributed by atoms with Gasteiger partial charge in [0.05, 0.1) is 10.0 Å². The van der Waals surface area contributed by atoms with E-state index in [-0.39, 0.29) is 16.4 Å². The number of rotatable bonds is 1. The van der Waals surface area contributed by atoms with Crippen LogP contribution >= 0.6 is 15.9 Å². The Kier molecular flexibility index (Phi) is 4.58. The first-order chi connectivity index (χ1) is 9.00. The molecule has 1 fully saturated rings. The number of hydrogen-bond acceptors (Lipinski definition) is 2. The Morgan fingerprint density at radius 1 is 1.42 bits per heavy atom. The standard InChI is InChI=1S/C14H18BrFN2O/c1-10-9-17(2)7-4-8-18(10)14(19)11-5-3-6-12(16)13(11)15/h3,5-6,10H,4,7-9H2,1-2H3. The molecule has 0 spiro atoms. The van der Waals surface area contributed by atoms with Gasteiger partial charge in [0, 0.05) is 19.1 Å². The maximum atomic E-state index is 13.5. The molecule has 2 rings (SSSR count). The van der Waals surface area contributed by atoms with E-state index in [9.17, 15) is 9.18 Å². The Morgan fingerprint density at radius 2 is 2.16 bits per heavy atom. The zero-order valence-electron chi connectivity index (χ0n) is 11.2. The number of carbonyl (C=O) groups is 1. The summed E-state index contributed by atoms with van der Waals surface area (Å²) in [5, 5.41) is 0. The number of likely N-dealkylation sites (N-methyl/N-ethyl adjacent to an activating group) is 1. The molecule has 1 atom stereocenters. The maximum Gasteiger partial charge on any atom is 0.255 e. The third-order valence-electron chi connectivity index (χ3n) is 3.49. The summed E-state index contributed by atoms with van der Waals surface area (Å²) in [6.45, 7) is 4.58. The fraction of sp³-hybridized carbons (Fsp3) is 0.500. The molecule has 0 radical (unpaired) electrons. The van der Waals surface area contributed by atoms with Crippen LogP contribution in [0, 0.1) is 5.82 Å². The average molecular weight is 329 g/mol. The second-order valence-electron chi connectivity index (χ2n) is 5.06. The van der Waals surface area contributed by atoms with Gasteiger partial charge in [0.1, 0.15) is 5.82 Å². The van der Waals surface area contributed by atoms with Crippen LogP contribution in [0.25, 0.3) is 0 Å². The van der Waals surface area contributed by atoms with Crippen LogP contribution in [0.1, 0.15) is 23.7 Å². The molecule has 1 heterocycles. The van der Waals surface area contributed by atoms with Crippen molar-refractivity contribution in [2.75, 3.05) is 26.7 Å². The van der Waals surface area contributed by atoms with E-state index in [1.54, 1.807) is 12.1 Å². The van der Waals surface area contributed by atoms with Crippen LogP contribution < -0.4 is 0 Å². The molecule has 1 unspecified atom stereocenters. The Bertz CT molecular complexity index is 481. The van der Waals surface area contributed by atoms with Crippen LogP contribution in [-0.4, -0.2) is 48.4 Å². The number of amides is 1. The first kappa shape index (κ1) is 14.5. The lowest BCUT2D eigenvalue weighted by Gasteiger charge is -2.28. The van der Waals surface area contributed by atoms with E-state index in [0.29, 0.717) is 12.1 Å². The van der Waals surface area contributed by atoms with Gasteiger partial charge in [-0.25, -0.2) is 4.39 Å². The van der Waals surface area contributed by atoms with Crippen molar-refractivity contribution in [2.45, 2.75) is 19.4 Å². The van der Waals surface area contributed by atoms with E-state index in [0.717, 1.165) is 19.5 Å². The van der Waals surface area contributed by atoms with E-state index >= 15 is 0 Å². The minimum atomic E-state index is -0.398. The molecule has 1 saturated heterocycles. The summed E-state index contributed by atoms with van der Waals surface area (Å²) in [5.74, 6) is -0.500. The van der Waals surface area contributed by atoms with Crippen molar-refractivity contribution in [3.8, 4) is 0 Å². The number of hydrogen-bond donors (Lipinski definition) is 0. The SMILES string of the molecule is CC1CN(C)CCCN1C(=O)c1cccc(F)c1Br. The van der Waals surface area contributed by atoms with Gasteiger partial charge >= 0.3 is 0 Å². The fourth-order valence-corrected chi connectivity index (χ4v) is 2.93. The molecule has 0 aromatic heterocycles. The summed E-state index contributed by atoms with van der Waals surface area (Å²) in [6.07, 6.45) is 0.944. The highest BCUT2D eigenvalue weighted by molar-refractivity contribution is 9.10. The lowest BCUT2D eigenvalue weighted by molar-refractivity contribution is 0.0695. The van der Waals surface area contributed by atoms with Crippen molar-refractivity contribution in [3.05, 3.63) is 34.1 Å². The normalized spacial score (nSPS) is 21.3. The van der Waals surface area contributed by atoms with Gasteiger partial charge in [-0.1, -0.05) is 6.07 Å². The summed E-state index contributed by atoms with van der Waals surface area (Å²) in [5.41, 5.74) is 0.399. The van der Waals surface area contributed by atoms with Gasteiger partial charge in [-0.15, -0.1) is 0 Å². The maximum absolute atomic E-state index is 13.5. The third kappa shape index (κ3) is 3.15. The second-order valence-corrected chi connectivity index (χ2v) is 5.86. The molecule has 3 nitrogen and oxygen atoms in total. The predicted octanol–water partition coefficient (Wildman–Crippen LogP) is 2.75. The average Bonchev–Trinajstić information content (AvgIpc) is 2.53. The molecule has 1 amide bonds. The Balaban J connectivity index is 2.25. The van der Waals surface area contributed by atoms with Crippen molar-refractivity contribution in [2.24, 2.45) is 0 Å². The van der Waals surface area contributed by atoms with Crippen molar-refractivity contribution in [1.29, 1.82) is 0 Å². The summed E-state index contributed by atoms with van der Waals surface area (Å²) >= 11 is 3.17. The van der Waals surface area contributed by atoms with Crippen LogP contribution in [0.15, 0.2) is 22.7 Å². The number of benzene rings is 1. The smallest absolute Gasteiger partial charge is 0.255 e. The molecule has 0 saturated carbocycles. The summed E-state index contributed by atoms with van der Waals surface area (Å²) < 4.78 is 13.8. The Morgan fingerprint density at radius 3 is 2.89 bits per heavy atom. The van der Waals surface area contributed by atoms with E-state index < -0.39 is 5.82 Å². The molecule has 1 aromatic carbocycles. The molecule has 1 aromatic rings. The second kappa shape index (κ2) is 6.01. The van der Waals surface area contributed by atoms with Gasteiger partial charge in [0.2, 0.25) is 0 Å². The van der Waals surface area contributed by atoms with Crippen molar-refractivity contribution in [3.63, 3.8) is 0 Å². The summed E-state index contributed by atoms with van der Waals surface area (Å²) in [7, 11) is 2.06. The van der Waals surface area contributed by atoms with E-state index in [1.165, 1.54) is 6.07 Å². The van der Waals surface area contributed by atoms with Crippen LogP contribution in [0.3, 0.4) is 0 Å². The Hall–Kier alpha value is -0.940. The molecular formula is C14H18BrFN2O. The number of nitrogens with zero attached hydrogens (tertiary/aromatic N) is 2. The number of halogens is 2. The molecule has 0 N–H and O–H groups in total. The highest BCUT2D eigenvalue weighted by Gasteiger charge is 2.26. The van der Waals surface area contributed by atoms with Crippen LogP contribution in [0.2, 0.25) is 0 Å². The van der Waals surface area contributed by atoms with Gasteiger partial charge in [0.15, 0.2) is 0 Å². The van der Waals surface area contributed by atoms with Crippen LogP contribution in [0.4, 0.5) is 4.39 Å². The lowest BCUT2D eigenvalue weighted by atomic mass is 10.1. The van der Waals surface area contributed by atoms with E-state index in [1.807, 2.05) is 11.8 Å². The fourth-order valence-electron chi connectivity index (χ4n) is 2.50. The molecule has 19 heavy (non-hydrogen) atoms. The third-order valence-corrected chi connectivity index (χ3v) is 4.30. The van der Waals surface area contributed by atoms with Gasteiger partial charge in [0.25, 0.3) is 5.91 Å². The summed E-state index contributed by atoms with van der Waals surface area (Å²) in [6, 6.07) is 4.72. The van der Waals surface area contributed by atoms with Crippen molar-refractivity contribution < 1.29 is 9.18 Å². The van der Waals surface area contributed by atoms with Gasteiger partial charge in [-0.3, -0.25) is 4.79 Å². The van der Waals surface area contributed by atoms with Crippen molar-refractivity contribution >= 4 is 21.8 Å².